The van der Waals surface area contributed by atoms with Gasteiger partial charge in [0.2, 0.25) is 0 Å². The van der Waals surface area contributed by atoms with Crippen molar-refractivity contribution in [3.05, 3.63) is 64.7 Å². The highest BCUT2D eigenvalue weighted by Gasteiger charge is 2.43. The van der Waals surface area contributed by atoms with Gasteiger partial charge in [0, 0.05) is 48.5 Å². The molecule has 1 atom stereocenters. The summed E-state index contributed by atoms with van der Waals surface area (Å²) in [5, 5.41) is 4.09. The van der Waals surface area contributed by atoms with Crippen LogP contribution < -0.4 is 4.74 Å². The monoisotopic (exact) mass is 548 g/mol. The Morgan fingerprint density at radius 2 is 1.94 bits per heavy atom. The van der Waals surface area contributed by atoms with Crippen LogP contribution in [0.2, 0.25) is 0 Å². The summed E-state index contributed by atoms with van der Waals surface area (Å²) in [6.07, 6.45) is 0.884. The lowest BCUT2D eigenvalue weighted by atomic mass is 9.87. The molecule has 5 rings (SSSR count). The van der Waals surface area contributed by atoms with Crippen LogP contribution in [0.15, 0.2) is 36.7 Å². The summed E-state index contributed by atoms with van der Waals surface area (Å²) < 4.78 is 47.9. The van der Waals surface area contributed by atoms with E-state index in [0.29, 0.717) is 46.7 Å². The van der Waals surface area contributed by atoms with E-state index in [4.69, 9.17) is 4.74 Å². The summed E-state index contributed by atoms with van der Waals surface area (Å²) >= 11 is 3.41. The van der Waals surface area contributed by atoms with Crippen LogP contribution in [-0.4, -0.2) is 39.2 Å². The van der Waals surface area contributed by atoms with E-state index in [1.807, 2.05) is 11.0 Å². The van der Waals surface area contributed by atoms with Gasteiger partial charge in [-0.2, -0.15) is 18.3 Å². The molecule has 0 radical (unpaired) electrons. The SMILES string of the molecule is COc1ccnc([C@H](C2CC2)N2CCc3c(cc(CBr)cc3-c3cn(C)nc3C(F)(F)F)C2=O)c1. The average Bonchev–Trinajstić information content (AvgIpc) is 3.59. The first-order chi connectivity index (χ1) is 16.7. The zero-order valence-corrected chi connectivity index (χ0v) is 20.9. The number of ether oxygens (including phenoxy) is 1. The normalized spacial score (nSPS) is 16.9. The molecule has 1 saturated carbocycles. The molecule has 1 amide bonds. The number of alkyl halides is 4. The van der Waals surface area contributed by atoms with Gasteiger partial charge in [-0.3, -0.25) is 14.5 Å². The number of amides is 1. The van der Waals surface area contributed by atoms with Gasteiger partial charge in [0.25, 0.3) is 5.91 Å². The van der Waals surface area contributed by atoms with Crippen LogP contribution in [0.3, 0.4) is 0 Å². The van der Waals surface area contributed by atoms with Gasteiger partial charge in [-0.15, -0.1) is 0 Å². The smallest absolute Gasteiger partial charge is 0.435 e. The third kappa shape index (κ3) is 4.44. The Morgan fingerprint density at radius 3 is 2.60 bits per heavy atom. The third-order valence-corrected chi connectivity index (χ3v) is 7.29. The van der Waals surface area contributed by atoms with E-state index in [1.165, 1.54) is 17.9 Å². The van der Waals surface area contributed by atoms with Gasteiger partial charge in [0.1, 0.15) is 5.75 Å². The van der Waals surface area contributed by atoms with Crippen LogP contribution in [0.25, 0.3) is 11.1 Å². The Balaban J connectivity index is 1.60. The molecule has 1 aliphatic heterocycles. The number of halogens is 4. The van der Waals surface area contributed by atoms with Crippen molar-refractivity contribution in [2.75, 3.05) is 13.7 Å². The number of hydrogen-bond acceptors (Lipinski definition) is 4. The zero-order chi connectivity index (χ0) is 24.9. The van der Waals surface area contributed by atoms with Crippen LogP contribution in [0.1, 0.15) is 51.8 Å². The molecule has 0 unspecified atom stereocenters. The quantitative estimate of drug-likeness (QED) is 0.379. The summed E-state index contributed by atoms with van der Waals surface area (Å²) in [7, 11) is 3.05. The number of pyridine rings is 1. The molecule has 0 N–H and O–H groups in total. The van der Waals surface area contributed by atoms with Gasteiger partial charge in [-0.1, -0.05) is 15.9 Å². The molecule has 0 saturated heterocycles. The van der Waals surface area contributed by atoms with Crippen molar-refractivity contribution in [2.24, 2.45) is 13.0 Å². The Hall–Kier alpha value is -2.88. The molecule has 6 nitrogen and oxygen atoms in total. The molecular formula is C25H24BrF3N4O2. The van der Waals surface area contributed by atoms with Crippen LogP contribution in [0, 0.1) is 5.92 Å². The number of hydrogen-bond donors (Lipinski definition) is 0. The molecule has 3 aromatic rings. The third-order valence-electron chi connectivity index (χ3n) is 6.64. The largest absolute Gasteiger partial charge is 0.497 e. The summed E-state index contributed by atoms with van der Waals surface area (Å²) in [6, 6.07) is 6.93. The molecule has 1 aromatic carbocycles. The highest BCUT2D eigenvalue weighted by atomic mass is 79.9. The van der Waals surface area contributed by atoms with Crippen molar-refractivity contribution in [1.82, 2.24) is 19.7 Å². The van der Waals surface area contributed by atoms with Gasteiger partial charge >= 0.3 is 6.18 Å². The minimum Gasteiger partial charge on any atom is -0.497 e. The molecule has 1 aliphatic carbocycles. The lowest BCUT2D eigenvalue weighted by Gasteiger charge is -2.36. The summed E-state index contributed by atoms with van der Waals surface area (Å²) in [4.78, 5) is 20.2. The number of carbonyl (C=O) groups excluding carboxylic acids is 1. The summed E-state index contributed by atoms with van der Waals surface area (Å²) in [5.74, 6) is 0.786. The van der Waals surface area contributed by atoms with Crippen LogP contribution in [-0.2, 0) is 25.0 Å². The lowest BCUT2D eigenvalue weighted by molar-refractivity contribution is -0.140. The maximum atomic E-state index is 13.9. The first kappa shape index (κ1) is 23.8. The van der Waals surface area contributed by atoms with E-state index in [2.05, 4.69) is 26.0 Å². The Bertz CT molecular complexity index is 1290. The average molecular weight is 549 g/mol. The van der Waals surface area contributed by atoms with Gasteiger partial charge in [-0.05, 0) is 60.1 Å². The summed E-state index contributed by atoms with van der Waals surface area (Å²) in [6.45, 7) is 0.397. The number of rotatable bonds is 6. The van der Waals surface area contributed by atoms with E-state index in [0.717, 1.165) is 24.1 Å². The predicted octanol–water partition coefficient (Wildman–Crippen LogP) is 5.55. The summed E-state index contributed by atoms with van der Waals surface area (Å²) in [5.41, 5.74) is 2.03. The zero-order valence-electron chi connectivity index (χ0n) is 19.3. The molecule has 0 bridgehead atoms. The van der Waals surface area contributed by atoms with Crippen molar-refractivity contribution in [3.8, 4) is 16.9 Å². The van der Waals surface area contributed by atoms with E-state index in [-0.39, 0.29) is 17.5 Å². The van der Waals surface area contributed by atoms with Crippen LogP contribution in [0.5, 0.6) is 5.75 Å². The number of methoxy groups -OCH3 is 1. The van der Waals surface area contributed by atoms with Crippen molar-refractivity contribution in [3.63, 3.8) is 0 Å². The molecule has 0 spiro atoms. The van der Waals surface area contributed by atoms with Gasteiger partial charge < -0.3 is 9.64 Å². The second-order valence-corrected chi connectivity index (χ2v) is 9.58. The second-order valence-electron chi connectivity index (χ2n) is 9.02. The molecule has 3 heterocycles. The Kier molecular flexibility index (Phi) is 6.11. The van der Waals surface area contributed by atoms with Gasteiger partial charge in [0.15, 0.2) is 5.69 Å². The fraction of sp³-hybridized carbons (Fsp3) is 0.400. The topological polar surface area (TPSA) is 60.2 Å². The second kappa shape index (κ2) is 8.96. The number of benzene rings is 1. The number of nitrogens with zero attached hydrogens (tertiary/aromatic N) is 4. The highest BCUT2D eigenvalue weighted by Crippen LogP contribution is 2.47. The predicted molar refractivity (Wildman–Crippen MR) is 127 cm³/mol. The van der Waals surface area contributed by atoms with Crippen LogP contribution in [0.4, 0.5) is 13.2 Å². The van der Waals surface area contributed by atoms with E-state index in [1.54, 1.807) is 31.5 Å². The molecule has 2 aromatic heterocycles. The fourth-order valence-corrected chi connectivity index (χ4v) is 5.27. The molecule has 2 aliphatic rings. The van der Waals surface area contributed by atoms with Crippen molar-refractivity contribution in [1.29, 1.82) is 0 Å². The van der Waals surface area contributed by atoms with Gasteiger partial charge in [0.05, 0.1) is 18.8 Å². The minimum absolute atomic E-state index is 0.00601. The first-order valence-electron chi connectivity index (χ1n) is 11.3. The Morgan fingerprint density at radius 1 is 1.20 bits per heavy atom. The van der Waals surface area contributed by atoms with Crippen molar-refractivity contribution >= 4 is 21.8 Å². The van der Waals surface area contributed by atoms with Crippen LogP contribution >= 0.6 is 15.9 Å². The first-order valence-corrected chi connectivity index (χ1v) is 12.5. The van der Waals surface area contributed by atoms with Crippen molar-refractivity contribution in [2.45, 2.75) is 36.8 Å². The maximum Gasteiger partial charge on any atom is 0.435 e. The number of aromatic nitrogens is 3. The Labute approximate surface area is 209 Å². The minimum atomic E-state index is -4.60. The van der Waals surface area contributed by atoms with E-state index < -0.39 is 11.9 Å². The fourth-order valence-electron chi connectivity index (χ4n) is 4.94. The highest BCUT2D eigenvalue weighted by molar-refractivity contribution is 9.08. The standard InChI is InChI=1S/C25H24BrF3N4O2/c1-32-13-20(23(31-32)25(27,28)29)18-9-14(12-26)10-19-17(18)6-8-33(24(19)34)22(15-3-4-15)21-11-16(35-2)5-7-30-21/h5,7,9-11,13,15,22H,3-4,6,8,12H2,1-2H3/t22-/m0/s1. The number of carbonyl (C=O) groups is 1. The number of aryl methyl sites for hydroxylation is 1. The number of fused-ring (bicyclic) bond motifs is 1. The molecule has 1 fully saturated rings. The lowest BCUT2D eigenvalue weighted by Crippen LogP contribution is -2.41. The molecule has 10 heteroatoms. The maximum absolute atomic E-state index is 13.9. The molecule has 35 heavy (non-hydrogen) atoms. The molecule has 184 valence electrons. The van der Waals surface area contributed by atoms with Crippen molar-refractivity contribution < 1.29 is 22.7 Å². The van der Waals surface area contributed by atoms with Gasteiger partial charge in [-0.25, -0.2) is 0 Å². The van der Waals surface area contributed by atoms with E-state index in [9.17, 15) is 18.0 Å². The molecular weight excluding hydrogens is 525 g/mol. The van der Waals surface area contributed by atoms with E-state index >= 15 is 0 Å².